The van der Waals surface area contributed by atoms with Gasteiger partial charge in [0.15, 0.2) is 0 Å². The van der Waals surface area contributed by atoms with Crippen molar-refractivity contribution in [1.82, 2.24) is 10.2 Å². The molecule has 0 radical (unpaired) electrons. The number of ether oxygens (including phenoxy) is 1. The lowest BCUT2D eigenvalue weighted by molar-refractivity contribution is -0.140. The molecule has 0 fully saturated rings. The van der Waals surface area contributed by atoms with Crippen LogP contribution in [0.2, 0.25) is 0 Å². The third-order valence-corrected chi connectivity index (χ3v) is 6.53. The number of amides is 2. The molecule has 1 aliphatic carbocycles. The number of fused-ring (bicyclic) bond motifs is 3. The molecular weight excluding hydrogens is 444 g/mol. The van der Waals surface area contributed by atoms with Gasteiger partial charge in [0.25, 0.3) is 0 Å². The summed E-state index contributed by atoms with van der Waals surface area (Å²) in [5.41, 5.74) is 4.18. The van der Waals surface area contributed by atoms with Crippen LogP contribution < -0.4 is 5.32 Å². The first kappa shape index (κ1) is 26.3. The molecule has 0 aromatic heterocycles. The van der Waals surface area contributed by atoms with Crippen molar-refractivity contribution in [3.63, 3.8) is 0 Å². The first-order valence-corrected chi connectivity index (χ1v) is 12.3. The molecule has 1 unspecified atom stereocenters. The number of carboxylic acid groups (broad SMARTS) is 1. The Kier molecular flexibility index (Phi) is 8.54. The quantitative estimate of drug-likeness (QED) is 0.488. The normalized spacial score (nSPS) is 13.5. The number of hydrogen-bond acceptors (Lipinski definition) is 4. The Bertz CT molecular complexity index is 1010. The summed E-state index contributed by atoms with van der Waals surface area (Å²) in [5, 5.41) is 11.9. The van der Waals surface area contributed by atoms with E-state index < -0.39 is 17.6 Å². The minimum atomic E-state index is -0.935. The summed E-state index contributed by atoms with van der Waals surface area (Å²) in [6.07, 6.45) is 0.739. The van der Waals surface area contributed by atoms with Crippen LogP contribution in [0.1, 0.15) is 70.4 Å². The van der Waals surface area contributed by atoms with Crippen LogP contribution >= 0.6 is 0 Å². The van der Waals surface area contributed by atoms with Crippen LogP contribution in [0.15, 0.2) is 48.5 Å². The Morgan fingerprint density at radius 1 is 1.00 bits per heavy atom. The highest BCUT2D eigenvalue weighted by molar-refractivity contribution is 5.79. The van der Waals surface area contributed by atoms with Gasteiger partial charge in [0.1, 0.15) is 6.61 Å². The summed E-state index contributed by atoms with van der Waals surface area (Å²) in [7, 11) is 0. The van der Waals surface area contributed by atoms with E-state index in [0.29, 0.717) is 12.8 Å². The Balaban J connectivity index is 1.55. The predicted octanol–water partition coefficient (Wildman–Crippen LogP) is 5.19. The van der Waals surface area contributed by atoms with E-state index in [-0.39, 0.29) is 43.9 Å². The van der Waals surface area contributed by atoms with Crippen molar-refractivity contribution < 1.29 is 24.2 Å². The zero-order valence-corrected chi connectivity index (χ0v) is 21.0. The van der Waals surface area contributed by atoms with Gasteiger partial charge in [0.2, 0.25) is 5.91 Å². The van der Waals surface area contributed by atoms with Crippen molar-refractivity contribution in [2.75, 3.05) is 13.2 Å². The van der Waals surface area contributed by atoms with E-state index in [1.54, 1.807) is 4.90 Å². The molecule has 0 saturated carbocycles. The maximum atomic E-state index is 12.8. The molecule has 0 saturated heterocycles. The van der Waals surface area contributed by atoms with Crippen LogP contribution in [0, 0.1) is 0 Å². The predicted molar refractivity (Wildman–Crippen MR) is 135 cm³/mol. The van der Waals surface area contributed by atoms with Crippen molar-refractivity contribution in [3.05, 3.63) is 59.7 Å². The second kappa shape index (κ2) is 11.4. The lowest BCUT2D eigenvalue weighted by Crippen LogP contribution is -2.47. The maximum Gasteiger partial charge on any atom is 0.407 e. The summed E-state index contributed by atoms with van der Waals surface area (Å²) >= 11 is 0. The van der Waals surface area contributed by atoms with Gasteiger partial charge >= 0.3 is 12.1 Å². The van der Waals surface area contributed by atoms with E-state index in [1.807, 2.05) is 52.0 Å². The molecule has 0 heterocycles. The molecule has 1 atom stereocenters. The molecule has 0 bridgehead atoms. The first-order valence-electron chi connectivity index (χ1n) is 12.3. The SMILES string of the molecule is CCC(CCC(=O)N(CCC(=O)O)C(C)(C)C)NC(=O)OCC1c2ccccc2-c2ccccc21. The smallest absolute Gasteiger partial charge is 0.407 e. The largest absolute Gasteiger partial charge is 0.481 e. The number of nitrogens with one attached hydrogen (secondary N) is 1. The molecule has 188 valence electrons. The number of carboxylic acids is 1. The molecule has 2 aromatic carbocycles. The number of carbonyl (C=O) groups excluding carboxylic acids is 2. The van der Waals surface area contributed by atoms with Gasteiger partial charge in [0.05, 0.1) is 6.42 Å². The first-order chi connectivity index (χ1) is 16.6. The van der Waals surface area contributed by atoms with Crippen molar-refractivity contribution in [1.29, 1.82) is 0 Å². The highest BCUT2D eigenvalue weighted by Crippen LogP contribution is 2.44. The van der Waals surface area contributed by atoms with E-state index in [4.69, 9.17) is 9.84 Å². The number of benzene rings is 2. The fourth-order valence-corrected chi connectivity index (χ4v) is 4.66. The van der Waals surface area contributed by atoms with Crippen LogP contribution in [0.25, 0.3) is 11.1 Å². The van der Waals surface area contributed by atoms with Crippen molar-refractivity contribution in [2.45, 2.75) is 70.9 Å². The van der Waals surface area contributed by atoms with E-state index in [1.165, 1.54) is 11.1 Å². The number of alkyl carbamates (subject to hydrolysis) is 1. The fourth-order valence-electron chi connectivity index (χ4n) is 4.66. The highest BCUT2D eigenvalue weighted by atomic mass is 16.5. The molecular formula is C28H36N2O5. The number of rotatable bonds is 10. The van der Waals surface area contributed by atoms with Gasteiger partial charge in [-0.05, 0) is 55.9 Å². The zero-order chi connectivity index (χ0) is 25.6. The zero-order valence-electron chi connectivity index (χ0n) is 21.0. The van der Waals surface area contributed by atoms with E-state index in [9.17, 15) is 14.4 Å². The molecule has 7 nitrogen and oxygen atoms in total. The minimum absolute atomic E-state index is 0.00983. The lowest BCUT2D eigenvalue weighted by Gasteiger charge is -2.36. The minimum Gasteiger partial charge on any atom is -0.481 e. The summed E-state index contributed by atoms with van der Waals surface area (Å²) in [6, 6.07) is 16.2. The lowest BCUT2D eigenvalue weighted by atomic mass is 9.98. The van der Waals surface area contributed by atoms with Gasteiger partial charge in [0, 0.05) is 30.5 Å². The number of carbonyl (C=O) groups is 3. The Hall–Kier alpha value is -3.35. The Morgan fingerprint density at radius 3 is 2.09 bits per heavy atom. The monoisotopic (exact) mass is 480 g/mol. The molecule has 2 N–H and O–H groups in total. The number of nitrogens with zero attached hydrogens (tertiary/aromatic N) is 1. The molecule has 1 aliphatic rings. The van der Waals surface area contributed by atoms with Gasteiger partial charge in [-0.15, -0.1) is 0 Å². The molecule has 3 rings (SSSR count). The van der Waals surface area contributed by atoms with Crippen LogP contribution in [-0.4, -0.2) is 52.7 Å². The Labute approximate surface area is 207 Å². The molecule has 0 aliphatic heterocycles. The second-order valence-electron chi connectivity index (χ2n) is 9.97. The molecule has 0 spiro atoms. The summed E-state index contributed by atoms with van der Waals surface area (Å²) in [5.74, 6) is -1.06. The fraction of sp³-hybridized carbons (Fsp3) is 0.464. The van der Waals surface area contributed by atoms with E-state index in [0.717, 1.165) is 11.1 Å². The van der Waals surface area contributed by atoms with Crippen LogP contribution in [0.4, 0.5) is 4.79 Å². The number of hydrogen-bond donors (Lipinski definition) is 2. The van der Waals surface area contributed by atoms with Gasteiger partial charge in [-0.2, -0.15) is 0 Å². The molecule has 7 heteroatoms. The summed E-state index contributed by atoms with van der Waals surface area (Å²) in [6.45, 7) is 8.01. The molecule has 35 heavy (non-hydrogen) atoms. The third-order valence-electron chi connectivity index (χ3n) is 6.53. The second-order valence-corrected chi connectivity index (χ2v) is 9.97. The Morgan fingerprint density at radius 2 is 1.57 bits per heavy atom. The van der Waals surface area contributed by atoms with Crippen LogP contribution in [0.5, 0.6) is 0 Å². The van der Waals surface area contributed by atoms with Gasteiger partial charge in [-0.3, -0.25) is 9.59 Å². The summed E-state index contributed by atoms with van der Waals surface area (Å²) in [4.78, 5) is 38.0. The average Bonchev–Trinajstić information content (AvgIpc) is 3.13. The maximum absolute atomic E-state index is 12.8. The van der Waals surface area contributed by atoms with Crippen molar-refractivity contribution in [3.8, 4) is 11.1 Å². The van der Waals surface area contributed by atoms with Gasteiger partial charge in [-0.25, -0.2) is 4.79 Å². The van der Waals surface area contributed by atoms with E-state index in [2.05, 4.69) is 29.6 Å². The van der Waals surface area contributed by atoms with Crippen molar-refractivity contribution >= 4 is 18.0 Å². The summed E-state index contributed by atoms with van der Waals surface area (Å²) < 4.78 is 5.63. The topological polar surface area (TPSA) is 95.9 Å². The number of aliphatic carboxylic acids is 1. The van der Waals surface area contributed by atoms with E-state index >= 15 is 0 Å². The highest BCUT2D eigenvalue weighted by Gasteiger charge is 2.30. The van der Waals surface area contributed by atoms with Crippen LogP contribution in [-0.2, 0) is 14.3 Å². The third kappa shape index (κ3) is 6.62. The van der Waals surface area contributed by atoms with Crippen molar-refractivity contribution in [2.24, 2.45) is 0 Å². The average molecular weight is 481 g/mol. The standard InChI is InChI=1S/C28H36N2O5/c1-5-19(14-15-25(31)30(28(2,3)4)17-16-26(32)33)29-27(34)35-18-24-22-12-8-6-10-20(22)21-11-7-9-13-23(21)24/h6-13,19,24H,5,14-18H2,1-4H3,(H,29,34)(H,32,33). The molecule has 2 amide bonds. The van der Waals surface area contributed by atoms with Gasteiger partial charge < -0.3 is 20.1 Å². The van der Waals surface area contributed by atoms with Crippen LogP contribution in [0.3, 0.4) is 0 Å². The molecule has 2 aromatic rings. The van der Waals surface area contributed by atoms with Gasteiger partial charge in [-0.1, -0.05) is 55.5 Å².